The monoisotopic (exact) mass is 422 g/mol. The number of ether oxygens (including phenoxy) is 1. The van der Waals surface area contributed by atoms with Crippen LogP contribution in [0.1, 0.15) is 34.3 Å². The van der Waals surface area contributed by atoms with E-state index in [2.05, 4.69) is 40.4 Å². The van der Waals surface area contributed by atoms with Crippen LogP contribution in [0.5, 0.6) is 5.75 Å². The Morgan fingerprint density at radius 1 is 1.10 bits per heavy atom. The van der Waals surface area contributed by atoms with E-state index in [1.54, 1.807) is 12.3 Å². The molecule has 1 aliphatic rings. The number of rotatable bonds is 8. The Labute approximate surface area is 179 Å². The summed E-state index contributed by atoms with van der Waals surface area (Å²) in [6, 6.07) is 20.1. The van der Waals surface area contributed by atoms with Crippen molar-refractivity contribution in [3.63, 3.8) is 0 Å². The van der Waals surface area contributed by atoms with Gasteiger partial charge in [0.25, 0.3) is 5.91 Å². The largest absolute Gasteiger partial charge is 0.492 e. The summed E-state index contributed by atoms with van der Waals surface area (Å²) in [6.07, 6.45) is 3.45. The summed E-state index contributed by atoms with van der Waals surface area (Å²) in [7, 11) is -1.07. The molecular formula is C24H26N2O3S. The number of hydrogen-bond donors (Lipinski definition) is 2. The SMILES string of the molecule is Cc1ccc(OCCNS(C)=O)cc1C(=O)NC1(c2cccc3ccccc23)CC1. The maximum Gasteiger partial charge on any atom is 0.252 e. The van der Waals surface area contributed by atoms with Gasteiger partial charge in [0.2, 0.25) is 0 Å². The molecule has 156 valence electrons. The van der Waals surface area contributed by atoms with Gasteiger partial charge in [0.05, 0.1) is 16.5 Å². The fourth-order valence-electron chi connectivity index (χ4n) is 3.80. The third-order valence-corrected chi connectivity index (χ3v) is 6.15. The van der Waals surface area contributed by atoms with E-state index in [1.165, 1.54) is 16.3 Å². The summed E-state index contributed by atoms with van der Waals surface area (Å²) >= 11 is 0. The predicted octanol–water partition coefficient (Wildman–Crippen LogP) is 3.83. The van der Waals surface area contributed by atoms with Gasteiger partial charge in [0.1, 0.15) is 12.4 Å². The molecule has 0 saturated heterocycles. The number of amides is 1. The van der Waals surface area contributed by atoms with Crippen molar-refractivity contribution < 1.29 is 13.7 Å². The quantitative estimate of drug-likeness (QED) is 0.542. The zero-order valence-corrected chi connectivity index (χ0v) is 18.1. The standard InChI is InChI=1S/C24H26N2O3S/c1-17-10-11-19(29-15-14-25-30(2)28)16-21(17)23(27)26-24(12-13-24)22-9-5-7-18-6-3-4-8-20(18)22/h3-11,16,25H,12-15H2,1-2H3,(H,26,27). The molecule has 1 saturated carbocycles. The molecule has 0 aromatic heterocycles. The first-order valence-electron chi connectivity index (χ1n) is 10.1. The zero-order chi connectivity index (χ0) is 21.1. The van der Waals surface area contributed by atoms with Crippen LogP contribution in [0.3, 0.4) is 0 Å². The van der Waals surface area contributed by atoms with E-state index in [9.17, 15) is 9.00 Å². The lowest BCUT2D eigenvalue weighted by Crippen LogP contribution is -2.35. The number of aryl methyl sites for hydroxylation is 1. The van der Waals surface area contributed by atoms with Gasteiger partial charge >= 0.3 is 0 Å². The summed E-state index contributed by atoms with van der Waals surface area (Å²) in [6.45, 7) is 2.78. The smallest absolute Gasteiger partial charge is 0.252 e. The third-order valence-electron chi connectivity index (χ3n) is 5.54. The van der Waals surface area contributed by atoms with Crippen molar-refractivity contribution in [2.24, 2.45) is 0 Å². The highest BCUT2D eigenvalue weighted by molar-refractivity contribution is 7.82. The summed E-state index contributed by atoms with van der Waals surface area (Å²) < 4.78 is 19.6. The Hall–Kier alpha value is -2.70. The second-order valence-electron chi connectivity index (χ2n) is 7.74. The van der Waals surface area contributed by atoms with Crippen LogP contribution < -0.4 is 14.8 Å². The first kappa shape index (κ1) is 20.6. The number of benzene rings is 3. The van der Waals surface area contributed by atoms with Gasteiger partial charge in [0.15, 0.2) is 0 Å². The van der Waals surface area contributed by atoms with Gasteiger partial charge in [-0.1, -0.05) is 48.5 Å². The Bertz CT molecular complexity index is 1100. The van der Waals surface area contributed by atoms with Crippen molar-refractivity contribution in [2.75, 3.05) is 19.4 Å². The molecule has 0 bridgehead atoms. The van der Waals surface area contributed by atoms with Crippen LogP contribution in [0, 0.1) is 6.92 Å². The van der Waals surface area contributed by atoms with E-state index in [0.29, 0.717) is 24.5 Å². The fourth-order valence-corrected chi connectivity index (χ4v) is 4.17. The van der Waals surface area contributed by atoms with Crippen molar-refractivity contribution in [3.05, 3.63) is 77.4 Å². The van der Waals surface area contributed by atoms with Gasteiger partial charge in [-0.15, -0.1) is 0 Å². The molecule has 1 unspecified atom stereocenters. The van der Waals surface area contributed by atoms with Crippen LogP contribution in [-0.4, -0.2) is 29.5 Å². The third kappa shape index (κ3) is 4.40. The van der Waals surface area contributed by atoms with Crippen LogP contribution in [0.4, 0.5) is 0 Å². The lowest BCUT2D eigenvalue weighted by molar-refractivity contribution is 0.0930. The van der Waals surface area contributed by atoms with E-state index in [0.717, 1.165) is 18.4 Å². The van der Waals surface area contributed by atoms with Crippen molar-refractivity contribution in [2.45, 2.75) is 25.3 Å². The lowest BCUT2D eigenvalue weighted by Gasteiger charge is -2.21. The van der Waals surface area contributed by atoms with Crippen LogP contribution in [-0.2, 0) is 16.5 Å². The zero-order valence-electron chi connectivity index (χ0n) is 17.2. The molecule has 1 amide bonds. The van der Waals surface area contributed by atoms with Crippen LogP contribution in [0.2, 0.25) is 0 Å². The highest BCUT2D eigenvalue weighted by Gasteiger charge is 2.46. The molecule has 0 spiro atoms. The van der Waals surface area contributed by atoms with Crippen LogP contribution in [0.25, 0.3) is 10.8 Å². The first-order chi connectivity index (χ1) is 14.5. The van der Waals surface area contributed by atoms with E-state index >= 15 is 0 Å². The van der Waals surface area contributed by atoms with Gasteiger partial charge in [0, 0.05) is 18.4 Å². The second-order valence-corrected chi connectivity index (χ2v) is 8.93. The number of nitrogens with one attached hydrogen (secondary N) is 2. The maximum absolute atomic E-state index is 13.2. The molecule has 30 heavy (non-hydrogen) atoms. The molecule has 0 radical (unpaired) electrons. The Balaban J connectivity index is 1.52. The van der Waals surface area contributed by atoms with E-state index < -0.39 is 11.0 Å². The van der Waals surface area contributed by atoms with Crippen molar-refractivity contribution >= 4 is 27.7 Å². The Kier molecular flexibility index (Phi) is 5.88. The molecule has 3 aromatic carbocycles. The van der Waals surface area contributed by atoms with Crippen molar-refractivity contribution in [3.8, 4) is 5.75 Å². The lowest BCUT2D eigenvalue weighted by atomic mass is 9.96. The molecule has 6 heteroatoms. The average molecular weight is 423 g/mol. The van der Waals surface area contributed by atoms with E-state index in [1.807, 2.05) is 31.2 Å². The Morgan fingerprint density at radius 3 is 2.63 bits per heavy atom. The minimum Gasteiger partial charge on any atom is -0.492 e. The highest BCUT2D eigenvalue weighted by Crippen LogP contribution is 2.48. The topological polar surface area (TPSA) is 67.4 Å². The van der Waals surface area contributed by atoms with Crippen LogP contribution >= 0.6 is 0 Å². The molecule has 1 fully saturated rings. The van der Waals surface area contributed by atoms with E-state index in [4.69, 9.17) is 4.74 Å². The molecule has 1 atom stereocenters. The minimum absolute atomic E-state index is 0.0869. The average Bonchev–Trinajstić information content (AvgIpc) is 3.52. The Morgan fingerprint density at radius 2 is 1.87 bits per heavy atom. The molecule has 0 heterocycles. The predicted molar refractivity (Wildman–Crippen MR) is 121 cm³/mol. The number of carbonyl (C=O) groups is 1. The minimum atomic E-state index is -1.07. The van der Waals surface area contributed by atoms with Gasteiger partial charge in [-0.3, -0.25) is 4.79 Å². The summed E-state index contributed by atoms with van der Waals surface area (Å²) in [4.78, 5) is 13.2. The molecule has 1 aliphatic carbocycles. The van der Waals surface area contributed by atoms with Crippen molar-refractivity contribution in [1.29, 1.82) is 0 Å². The maximum atomic E-state index is 13.2. The number of carbonyl (C=O) groups excluding carboxylic acids is 1. The van der Waals surface area contributed by atoms with Gasteiger partial charge in [-0.05, 0) is 53.8 Å². The molecular weight excluding hydrogens is 396 g/mol. The molecule has 2 N–H and O–H groups in total. The molecule has 5 nitrogen and oxygen atoms in total. The van der Waals surface area contributed by atoms with Crippen molar-refractivity contribution in [1.82, 2.24) is 10.0 Å². The summed E-state index contributed by atoms with van der Waals surface area (Å²) in [5.74, 6) is 0.542. The van der Waals surface area contributed by atoms with Gasteiger partial charge < -0.3 is 10.1 Å². The van der Waals surface area contributed by atoms with Gasteiger partial charge in [-0.2, -0.15) is 0 Å². The molecule has 4 rings (SSSR count). The normalized spacial score (nSPS) is 15.5. The van der Waals surface area contributed by atoms with Crippen LogP contribution in [0.15, 0.2) is 60.7 Å². The van der Waals surface area contributed by atoms with Gasteiger partial charge in [-0.25, -0.2) is 8.93 Å². The molecule has 0 aliphatic heterocycles. The summed E-state index contributed by atoms with van der Waals surface area (Å²) in [5.41, 5.74) is 2.39. The molecule has 3 aromatic rings. The fraction of sp³-hybridized carbons (Fsp3) is 0.292. The number of hydrogen-bond acceptors (Lipinski definition) is 3. The second kappa shape index (κ2) is 8.58. The number of fused-ring (bicyclic) bond motifs is 1. The summed E-state index contributed by atoms with van der Waals surface area (Å²) in [5, 5.41) is 5.67. The highest BCUT2D eigenvalue weighted by atomic mass is 32.2. The first-order valence-corrected chi connectivity index (χ1v) is 11.7. The van der Waals surface area contributed by atoms with E-state index in [-0.39, 0.29) is 11.4 Å².